The van der Waals surface area contributed by atoms with Crippen LogP contribution in [-0.2, 0) is 4.79 Å². The van der Waals surface area contributed by atoms with Crippen LogP contribution in [0.1, 0.15) is 16.7 Å². The topological polar surface area (TPSA) is 73.7 Å². The summed E-state index contributed by atoms with van der Waals surface area (Å²) in [6.07, 6.45) is 1.40. The minimum absolute atomic E-state index is 0.0754. The zero-order valence-corrected chi connectivity index (χ0v) is 16.4. The number of aromatic hydroxyl groups is 1. The molecule has 0 bridgehead atoms. The van der Waals surface area contributed by atoms with Crippen molar-refractivity contribution >= 4 is 49.7 Å². The number of aryl methyl sites for hydroxylation is 1. The number of nitrogens with zero attached hydrogens (tertiary/aromatic N) is 1. The minimum atomic E-state index is -0.281. The molecule has 0 aromatic heterocycles. The fourth-order valence-corrected chi connectivity index (χ4v) is 3.04. The molecule has 0 aliphatic heterocycles. The van der Waals surface area contributed by atoms with Crippen LogP contribution in [0.15, 0.2) is 44.4 Å². The number of benzene rings is 2. The average molecular weight is 455 g/mol. The first-order chi connectivity index (χ1) is 11.4. The lowest BCUT2D eigenvalue weighted by Crippen LogP contribution is -2.25. The van der Waals surface area contributed by atoms with Crippen molar-refractivity contribution in [3.05, 3.63) is 56.0 Å². The highest BCUT2D eigenvalue weighted by Crippen LogP contribution is 2.35. The Morgan fingerprint density at radius 2 is 1.92 bits per heavy atom. The summed E-state index contributed by atoms with van der Waals surface area (Å²) in [7, 11) is 0. The number of hydrazone groups is 1. The van der Waals surface area contributed by atoms with Crippen molar-refractivity contribution in [3.8, 4) is 5.75 Å². The third kappa shape index (κ3) is 4.82. The van der Waals surface area contributed by atoms with Crippen molar-refractivity contribution < 1.29 is 9.90 Å². The first-order valence-electron chi connectivity index (χ1n) is 7.18. The summed E-state index contributed by atoms with van der Waals surface area (Å²) < 4.78 is 1.42. The molecule has 3 N–H and O–H groups in total. The molecule has 2 aromatic carbocycles. The summed E-state index contributed by atoms with van der Waals surface area (Å²) in [6.45, 7) is 3.98. The van der Waals surface area contributed by atoms with Gasteiger partial charge in [-0.2, -0.15) is 5.10 Å². The van der Waals surface area contributed by atoms with E-state index in [1.807, 2.05) is 38.1 Å². The molecule has 0 saturated heterocycles. The van der Waals surface area contributed by atoms with Gasteiger partial charge in [-0.25, -0.2) is 5.43 Å². The molecular formula is C17H17Br2N3O2. The zero-order valence-electron chi connectivity index (χ0n) is 13.2. The lowest BCUT2D eigenvalue weighted by atomic mass is 10.1. The Balaban J connectivity index is 1.92. The number of carbonyl (C=O) groups is 1. The van der Waals surface area contributed by atoms with Gasteiger partial charge in [0.25, 0.3) is 5.91 Å². The zero-order chi connectivity index (χ0) is 17.7. The van der Waals surface area contributed by atoms with Crippen molar-refractivity contribution in [1.82, 2.24) is 5.43 Å². The van der Waals surface area contributed by atoms with Crippen LogP contribution < -0.4 is 10.7 Å². The monoisotopic (exact) mass is 453 g/mol. The van der Waals surface area contributed by atoms with E-state index in [0.29, 0.717) is 10.0 Å². The summed E-state index contributed by atoms with van der Waals surface area (Å²) in [5.41, 5.74) is 5.82. The highest BCUT2D eigenvalue weighted by molar-refractivity contribution is 9.11. The predicted octanol–water partition coefficient (Wildman–Crippen LogP) is 4.10. The summed E-state index contributed by atoms with van der Waals surface area (Å²) in [4.78, 5) is 11.8. The number of phenolic OH excluding ortho intramolecular Hbond substituents is 1. The Morgan fingerprint density at radius 1 is 1.25 bits per heavy atom. The van der Waals surface area contributed by atoms with E-state index >= 15 is 0 Å². The molecule has 0 aliphatic rings. The third-order valence-electron chi connectivity index (χ3n) is 3.35. The maximum absolute atomic E-state index is 11.8. The van der Waals surface area contributed by atoms with Crippen LogP contribution in [0.25, 0.3) is 0 Å². The molecule has 0 spiro atoms. The number of phenols is 1. The molecule has 0 aliphatic carbocycles. The van der Waals surface area contributed by atoms with Gasteiger partial charge in [-0.15, -0.1) is 0 Å². The molecule has 0 saturated carbocycles. The van der Waals surface area contributed by atoms with Gasteiger partial charge in [0.15, 0.2) is 0 Å². The second-order valence-corrected chi connectivity index (χ2v) is 6.90. The van der Waals surface area contributed by atoms with E-state index in [1.54, 1.807) is 6.07 Å². The number of carbonyl (C=O) groups excluding carboxylic acids is 1. The summed E-state index contributed by atoms with van der Waals surface area (Å²) >= 11 is 6.73. The van der Waals surface area contributed by atoms with Crippen molar-refractivity contribution in [2.45, 2.75) is 13.8 Å². The predicted molar refractivity (Wildman–Crippen MR) is 104 cm³/mol. The highest BCUT2D eigenvalue weighted by atomic mass is 79.9. The molecular weight excluding hydrogens is 438 g/mol. The van der Waals surface area contributed by atoms with Crippen LogP contribution in [0, 0.1) is 13.8 Å². The van der Waals surface area contributed by atoms with Gasteiger partial charge in [0.2, 0.25) is 0 Å². The number of halogens is 2. The Bertz CT molecular complexity index is 774. The van der Waals surface area contributed by atoms with Crippen LogP contribution in [0.3, 0.4) is 0 Å². The van der Waals surface area contributed by atoms with Gasteiger partial charge < -0.3 is 10.4 Å². The van der Waals surface area contributed by atoms with Crippen LogP contribution in [0.2, 0.25) is 0 Å². The van der Waals surface area contributed by atoms with Gasteiger partial charge in [-0.05, 0) is 53.5 Å². The molecule has 0 fully saturated rings. The maximum atomic E-state index is 11.8. The Morgan fingerprint density at radius 3 is 2.58 bits per heavy atom. The Hall–Kier alpha value is -1.86. The molecule has 2 rings (SSSR count). The van der Waals surface area contributed by atoms with Crippen LogP contribution >= 0.6 is 31.9 Å². The SMILES string of the molecule is Cc1ccc(NCC(=O)N/N=C/c2cc(Br)c(C)c(Br)c2O)cc1. The smallest absolute Gasteiger partial charge is 0.259 e. The van der Waals surface area contributed by atoms with Crippen molar-refractivity contribution in [2.75, 3.05) is 11.9 Å². The fraction of sp³-hybridized carbons (Fsp3) is 0.176. The molecule has 126 valence electrons. The van der Waals surface area contributed by atoms with E-state index in [2.05, 4.69) is 47.7 Å². The van der Waals surface area contributed by atoms with Gasteiger partial charge in [-0.1, -0.05) is 33.6 Å². The van der Waals surface area contributed by atoms with Gasteiger partial charge >= 0.3 is 0 Å². The lowest BCUT2D eigenvalue weighted by Gasteiger charge is -2.08. The Labute approximate surface area is 157 Å². The molecule has 0 radical (unpaired) electrons. The van der Waals surface area contributed by atoms with Crippen molar-refractivity contribution in [3.63, 3.8) is 0 Å². The summed E-state index contributed by atoms with van der Waals surface area (Å²) in [6, 6.07) is 9.48. The Kier molecular flexibility index (Phi) is 6.39. The van der Waals surface area contributed by atoms with Crippen LogP contribution in [-0.4, -0.2) is 23.8 Å². The number of amides is 1. The van der Waals surface area contributed by atoms with Gasteiger partial charge in [0.1, 0.15) is 5.75 Å². The third-order valence-corrected chi connectivity index (χ3v) is 5.14. The molecule has 5 nitrogen and oxygen atoms in total. The fourth-order valence-electron chi connectivity index (χ4n) is 1.89. The largest absolute Gasteiger partial charge is 0.506 e. The average Bonchev–Trinajstić information content (AvgIpc) is 2.57. The summed E-state index contributed by atoms with van der Waals surface area (Å²) in [5, 5.41) is 16.9. The van der Waals surface area contributed by atoms with E-state index in [4.69, 9.17) is 0 Å². The van der Waals surface area contributed by atoms with E-state index in [1.165, 1.54) is 6.21 Å². The maximum Gasteiger partial charge on any atom is 0.259 e. The van der Waals surface area contributed by atoms with Gasteiger partial charge in [0, 0.05) is 15.7 Å². The van der Waals surface area contributed by atoms with Crippen molar-refractivity contribution in [1.29, 1.82) is 0 Å². The highest BCUT2D eigenvalue weighted by Gasteiger charge is 2.10. The molecule has 0 unspecified atom stereocenters. The number of nitrogens with one attached hydrogen (secondary N) is 2. The second kappa shape index (κ2) is 8.30. The minimum Gasteiger partial charge on any atom is -0.506 e. The number of anilines is 1. The normalized spacial score (nSPS) is 10.8. The van der Waals surface area contributed by atoms with Crippen LogP contribution in [0.5, 0.6) is 5.75 Å². The van der Waals surface area contributed by atoms with Gasteiger partial charge in [0.05, 0.1) is 17.2 Å². The van der Waals surface area contributed by atoms with E-state index < -0.39 is 0 Å². The molecule has 0 atom stereocenters. The second-order valence-electron chi connectivity index (χ2n) is 5.25. The quantitative estimate of drug-likeness (QED) is 0.470. The first kappa shape index (κ1) is 18.5. The lowest BCUT2D eigenvalue weighted by molar-refractivity contribution is -0.119. The van der Waals surface area contributed by atoms with E-state index in [0.717, 1.165) is 21.3 Å². The van der Waals surface area contributed by atoms with Gasteiger partial charge in [-0.3, -0.25) is 4.79 Å². The van der Waals surface area contributed by atoms with Crippen molar-refractivity contribution in [2.24, 2.45) is 5.10 Å². The van der Waals surface area contributed by atoms with E-state index in [-0.39, 0.29) is 18.2 Å². The van der Waals surface area contributed by atoms with E-state index in [9.17, 15) is 9.90 Å². The summed E-state index contributed by atoms with van der Waals surface area (Å²) in [5.74, 6) is -0.206. The first-order valence-corrected chi connectivity index (χ1v) is 8.77. The molecule has 0 heterocycles. The number of hydrogen-bond acceptors (Lipinski definition) is 4. The molecule has 24 heavy (non-hydrogen) atoms. The van der Waals surface area contributed by atoms with Crippen LogP contribution in [0.4, 0.5) is 5.69 Å². The number of hydrogen-bond donors (Lipinski definition) is 3. The molecule has 1 amide bonds. The molecule has 7 heteroatoms. The number of rotatable bonds is 5. The standard InChI is InChI=1S/C17H17Br2N3O2/c1-10-3-5-13(6-4-10)20-9-15(23)22-21-8-12-7-14(18)11(2)16(19)17(12)24/h3-8,20,24H,9H2,1-2H3,(H,22,23)/b21-8+. The molecule has 2 aromatic rings.